The van der Waals surface area contributed by atoms with Gasteiger partial charge < -0.3 is 5.11 Å². The summed E-state index contributed by atoms with van der Waals surface area (Å²) in [5.74, 6) is -0.0546. The second kappa shape index (κ2) is 8.12. The van der Waals surface area contributed by atoms with Gasteiger partial charge in [-0.05, 0) is 59.5 Å². The Bertz CT molecular complexity index is 899. The second-order valence-electron chi connectivity index (χ2n) is 5.84. The van der Waals surface area contributed by atoms with E-state index in [0.717, 1.165) is 22.4 Å². The van der Waals surface area contributed by atoms with Gasteiger partial charge in [0.25, 0.3) is 5.91 Å². The number of hydrogen-bond acceptors (Lipinski definition) is 3. The molecular formula is C22H20N2O2. The lowest BCUT2D eigenvalue weighted by Crippen LogP contribution is -2.19. The monoisotopic (exact) mass is 344 g/mol. The lowest BCUT2D eigenvalue weighted by atomic mass is 10.0. The third-order valence-electron chi connectivity index (χ3n) is 4.08. The summed E-state index contributed by atoms with van der Waals surface area (Å²) in [6, 6.07) is 24.2. The number of nitrogens with one attached hydrogen (secondary N) is 1. The quantitative estimate of drug-likeness (QED) is 0.525. The molecule has 0 aromatic heterocycles. The number of rotatable bonds is 5. The van der Waals surface area contributed by atoms with E-state index in [1.165, 1.54) is 0 Å². The van der Waals surface area contributed by atoms with E-state index < -0.39 is 0 Å². The highest BCUT2D eigenvalue weighted by Gasteiger charge is 2.07. The van der Waals surface area contributed by atoms with Crippen LogP contribution in [0.25, 0.3) is 11.1 Å². The number of carbonyl (C=O) groups excluding carboxylic acids is 1. The summed E-state index contributed by atoms with van der Waals surface area (Å²) < 4.78 is 0. The topological polar surface area (TPSA) is 61.7 Å². The molecule has 0 bridgehead atoms. The van der Waals surface area contributed by atoms with Crippen molar-refractivity contribution in [3.63, 3.8) is 0 Å². The lowest BCUT2D eigenvalue weighted by Gasteiger charge is -2.06. The molecule has 130 valence electrons. The molecule has 3 aromatic rings. The van der Waals surface area contributed by atoms with Crippen LogP contribution >= 0.6 is 0 Å². The number of phenolic OH excluding ortho intramolecular Hbond substituents is 1. The van der Waals surface area contributed by atoms with Crippen LogP contribution < -0.4 is 5.43 Å². The minimum Gasteiger partial charge on any atom is -0.508 e. The van der Waals surface area contributed by atoms with Crippen LogP contribution in [0, 0.1) is 0 Å². The number of benzene rings is 3. The maximum atomic E-state index is 12.3. The summed E-state index contributed by atoms with van der Waals surface area (Å²) in [5.41, 5.74) is 6.94. The predicted molar refractivity (Wildman–Crippen MR) is 104 cm³/mol. The molecule has 0 radical (unpaired) electrons. The number of hydrazone groups is 1. The Morgan fingerprint density at radius 3 is 2.04 bits per heavy atom. The Morgan fingerprint density at radius 1 is 0.846 bits per heavy atom. The van der Waals surface area contributed by atoms with Crippen LogP contribution in [-0.4, -0.2) is 16.7 Å². The summed E-state index contributed by atoms with van der Waals surface area (Å²) in [5, 5.41) is 13.6. The SMILES string of the molecule is CCC(=NNC(=O)c1ccc(-c2ccccc2)cc1)c1ccc(O)cc1. The van der Waals surface area contributed by atoms with Crippen molar-refractivity contribution in [1.29, 1.82) is 0 Å². The van der Waals surface area contributed by atoms with Crippen molar-refractivity contribution in [2.45, 2.75) is 13.3 Å². The van der Waals surface area contributed by atoms with Gasteiger partial charge >= 0.3 is 0 Å². The number of amides is 1. The van der Waals surface area contributed by atoms with E-state index in [2.05, 4.69) is 10.5 Å². The normalized spacial score (nSPS) is 11.2. The number of phenols is 1. The minimum absolute atomic E-state index is 0.201. The molecule has 1 amide bonds. The molecule has 0 fully saturated rings. The van der Waals surface area contributed by atoms with Crippen LogP contribution in [0.2, 0.25) is 0 Å². The fourth-order valence-corrected chi connectivity index (χ4v) is 2.63. The molecular weight excluding hydrogens is 324 g/mol. The van der Waals surface area contributed by atoms with Crippen LogP contribution in [-0.2, 0) is 0 Å². The highest BCUT2D eigenvalue weighted by Crippen LogP contribution is 2.19. The van der Waals surface area contributed by atoms with Gasteiger partial charge in [0.1, 0.15) is 5.75 Å². The molecule has 0 heterocycles. The van der Waals surface area contributed by atoms with E-state index in [4.69, 9.17) is 0 Å². The van der Waals surface area contributed by atoms with Crippen molar-refractivity contribution >= 4 is 11.6 Å². The van der Waals surface area contributed by atoms with Gasteiger partial charge in [-0.3, -0.25) is 4.79 Å². The Labute approximate surface area is 152 Å². The molecule has 0 spiro atoms. The standard InChI is InChI=1S/C22H20N2O2/c1-2-21(18-12-14-20(25)15-13-18)23-24-22(26)19-10-8-17(9-11-19)16-6-4-3-5-7-16/h3-15,25H,2H2,1H3,(H,24,26). The molecule has 0 unspecified atom stereocenters. The van der Waals surface area contributed by atoms with Gasteiger partial charge in [-0.25, -0.2) is 5.43 Å². The Hall–Kier alpha value is -3.40. The highest BCUT2D eigenvalue weighted by atomic mass is 16.3. The van der Waals surface area contributed by atoms with Crippen molar-refractivity contribution in [1.82, 2.24) is 5.43 Å². The number of carbonyl (C=O) groups is 1. The van der Waals surface area contributed by atoms with E-state index in [9.17, 15) is 9.90 Å². The molecule has 4 heteroatoms. The number of nitrogens with zero attached hydrogens (tertiary/aromatic N) is 1. The fourth-order valence-electron chi connectivity index (χ4n) is 2.63. The zero-order chi connectivity index (χ0) is 18.4. The molecule has 0 aliphatic rings. The first-order chi connectivity index (χ1) is 12.7. The molecule has 4 nitrogen and oxygen atoms in total. The van der Waals surface area contributed by atoms with Gasteiger partial charge in [0.15, 0.2) is 0 Å². The van der Waals surface area contributed by atoms with Crippen LogP contribution in [0.15, 0.2) is 84.0 Å². The van der Waals surface area contributed by atoms with Crippen LogP contribution in [0.3, 0.4) is 0 Å². The number of hydrogen-bond donors (Lipinski definition) is 2. The molecule has 2 N–H and O–H groups in total. The average Bonchev–Trinajstić information content (AvgIpc) is 2.70. The van der Waals surface area contributed by atoms with Crippen LogP contribution in [0.1, 0.15) is 29.3 Å². The molecule has 26 heavy (non-hydrogen) atoms. The minimum atomic E-state index is -0.255. The molecule has 3 rings (SSSR count). The van der Waals surface area contributed by atoms with E-state index in [1.807, 2.05) is 49.4 Å². The molecule has 0 saturated heterocycles. The first-order valence-corrected chi connectivity index (χ1v) is 8.49. The average molecular weight is 344 g/mol. The van der Waals surface area contributed by atoms with Gasteiger partial charge in [0.2, 0.25) is 0 Å². The third kappa shape index (κ3) is 4.16. The van der Waals surface area contributed by atoms with E-state index >= 15 is 0 Å². The zero-order valence-corrected chi connectivity index (χ0v) is 14.5. The van der Waals surface area contributed by atoms with Gasteiger partial charge in [0, 0.05) is 5.56 Å². The first-order valence-electron chi connectivity index (χ1n) is 8.49. The maximum absolute atomic E-state index is 12.3. The van der Waals surface area contributed by atoms with Crippen molar-refractivity contribution in [3.05, 3.63) is 90.0 Å². The Kier molecular flexibility index (Phi) is 5.44. The van der Waals surface area contributed by atoms with Gasteiger partial charge in [-0.15, -0.1) is 0 Å². The summed E-state index contributed by atoms with van der Waals surface area (Å²) in [4.78, 5) is 12.3. The van der Waals surface area contributed by atoms with Crippen molar-refractivity contribution in [3.8, 4) is 16.9 Å². The van der Waals surface area contributed by atoms with Gasteiger partial charge in [-0.1, -0.05) is 49.4 Å². The van der Waals surface area contributed by atoms with Crippen molar-refractivity contribution in [2.24, 2.45) is 5.10 Å². The Balaban J connectivity index is 1.72. The van der Waals surface area contributed by atoms with E-state index in [0.29, 0.717) is 12.0 Å². The summed E-state index contributed by atoms with van der Waals surface area (Å²) in [6.07, 6.45) is 0.665. The largest absolute Gasteiger partial charge is 0.508 e. The predicted octanol–water partition coefficient (Wildman–Crippen LogP) is 4.60. The van der Waals surface area contributed by atoms with Crippen LogP contribution in [0.4, 0.5) is 0 Å². The summed E-state index contributed by atoms with van der Waals surface area (Å²) in [6.45, 7) is 1.96. The number of aromatic hydroxyl groups is 1. The van der Waals surface area contributed by atoms with E-state index in [-0.39, 0.29) is 11.7 Å². The van der Waals surface area contributed by atoms with Crippen LogP contribution in [0.5, 0.6) is 5.75 Å². The van der Waals surface area contributed by atoms with E-state index in [1.54, 1.807) is 36.4 Å². The van der Waals surface area contributed by atoms with Crippen molar-refractivity contribution < 1.29 is 9.90 Å². The molecule has 0 atom stereocenters. The van der Waals surface area contributed by atoms with Crippen molar-refractivity contribution in [2.75, 3.05) is 0 Å². The molecule has 0 aliphatic heterocycles. The summed E-state index contributed by atoms with van der Waals surface area (Å²) in [7, 11) is 0. The third-order valence-corrected chi connectivity index (χ3v) is 4.08. The highest BCUT2D eigenvalue weighted by molar-refractivity contribution is 6.02. The summed E-state index contributed by atoms with van der Waals surface area (Å²) >= 11 is 0. The van der Waals surface area contributed by atoms with Gasteiger partial charge in [-0.2, -0.15) is 5.10 Å². The first kappa shape index (κ1) is 17.4. The molecule has 0 saturated carbocycles. The zero-order valence-electron chi connectivity index (χ0n) is 14.5. The maximum Gasteiger partial charge on any atom is 0.271 e. The molecule has 0 aliphatic carbocycles. The second-order valence-corrected chi connectivity index (χ2v) is 5.84. The van der Waals surface area contributed by atoms with Gasteiger partial charge in [0.05, 0.1) is 5.71 Å². The molecule has 3 aromatic carbocycles. The fraction of sp³-hybridized carbons (Fsp3) is 0.0909. The lowest BCUT2D eigenvalue weighted by molar-refractivity contribution is 0.0955. The smallest absolute Gasteiger partial charge is 0.271 e. The Morgan fingerprint density at radius 2 is 1.42 bits per heavy atom.